The van der Waals surface area contributed by atoms with Gasteiger partial charge in [0.05, 0.1) is 11.3 Å². The maximum absolute atomic E-state index is 12.8. The molecule has 0 atom stereocenters. The van der Waals surface area contributed by atoms with Crippen molar-refractivity contribution in [2.24, 2.45) is 0 Å². The third-order valence-electron chi connectivity index (χ3n) is 4.39. The zero-order valence-corrected chi connectivity index (χ0v) is 15.9. The molecule has 0 aliphatic rings. The second kappa shape index (κ2) is 8.45. The molecule has 0 unspecified atom stereocenters. The van der Waals surface area contributed by atoms with Gasteiger partial charge in [-0.25, -0.2) is 0 Å². The van der Waals surface area contributed by atoms with Crippen LogP contribution in [0.5, 0.6) is 0 Å². The first-order valence-corrected chi connectivity index (χ1v) is 9.03. The van der Waals surface area contributed by atoms with Crippen LogP contribution in [0, 0.1) is 6.92 Å². The van der Waals surface area contributed by atoms with E-state index >= 15 is 0 Å². The molecule has 5 nitrogen and oxygen atoms in total. The van der Waals surface area contributed by atoms with Crippen molar-refractivity contribution in [3.63, 3.8) is 0 Å². The highest BCUT2D eigenvalue weighted by Crippen LogP contribution is 2.28. The number of aryl methyl sites for hydroxylation is 1. The molecule has 2 aromatic heterocycles. The number of hydrogen-bond donors (Lipinski definition) is 2. The Morgan fingerprint density at radius 2 is 1.93 bits per heavy atom. The van der Waals surface area contributed by atoms with Crippen LogP contribution < -0.4 is 10.6 Å². The maximum atomic E-state index is 12.8. The number of rotatable bonds is 6. The van der Waals surface area contributed by atoms with Gasteiger partial charge in [0, 0.05) is 37.0 Å². The highest BCUT2D eigenvalue weighted by atomic mass is 16.1. The van der Waals surface area contributed by atoms with Crippen LogP contribution in [-0.4, -0.2) is 15.9 Å². The van der Waals surface area contributed by atoms with Crippen molar-refractivity contribution in [3.8, 4) is 0 Å². The van der Waals surface area contributed by atoms with Crippen molar-refractivity contribution in [1.82, 2.24) is 9.97 Å². The third-order valence-corrected chi connectivity index (χ3v) is 4.39. The predicted molar refractivity (Wildman–Crippen MR) is 109 cm³/mol. The van der Waals surface area contributed by atoms with Gasteiger partial charge >= 0.3 is 0 Å². The van der Waals surface area contributed by atoms with E-state index in [0.717, 1.165) is 28.1 Å². The highest BCUT2D eigenvalue weighted by Gasteiger charge is 2.14. The van der Waals surface area contributed by atoms with Crippen LogP contribution in [0.4, 0.5) is 11.4 Å². The topological polar surface area (TPSA) is 66.9 Å². The number of carbonyl (C=O) groups excluding carboxylic acids is 1. The van der Waals surface area contributed by atoms with Crippen LogP contribution in [0.2, 0.25) is 0 Å². The van der Waals surface area contributed by atoms with Gasteiger partial charge < -0.3 is 10.6 Å². The lowest BCUT2D eigenvalue weighted by molar-refractivity contribution is 0.102. The Balaban J connectivity index is 1.74. The fraction of sp³-hybridized carbons (Fsp3) is 0.227. The number of anilines is 2. The van der Waals surface area contributed by atoms with E-state index in [1.165, 1.54) is 0 Å². The van der Waals surface area contributed by atoms with E-state index in [2.05, 4.69) is 40.5 Å². The SMILES string of the molecule is Cc1cccc(C(C)C)c1NC(=O)c1cncc(NCc2cccnc2)c1. The van der Waals surface area contributed by atoms with E-state index in [1.54, 1.807) is 18.6 Å². The molecule has 0 spiro atoms. The molecular formula is C22H24N4O. The summed E-state index contributed by atoms with van der Waals surface area (Å²) < 4.78 is 0. The standard InChI is InChI=1S/C22H24N4O/c1-15(2)20-8-4-6-16(3)21(20)26-22(27)18-10-19(14-24-13-18)25-12-17-7-5-9-23-11-17/h4-11,13-15,25H,12H2,1-3H3,(H,26,27). The number of hydrogen-bond acceptors (Lipinski definition) is 4. The minimum Gasteiger partial charge on any atom is -0.380 e. The first kappa shape index (κ1) is 18.6. The van der Waals surface area contributed by atoms with Gasteiger partial charge in [0.2, 0.25) is 0 Å². The Morgan fingerprint density at radius 1 is 1.07 bits per heavy atom. The van der Waals surface area contributed by atoms with Crippen LogP contribution in [-0.2, 0) is 6.54 Å². The first-order chi connectivity index (χ1) is 13.0. The number of para-hydroxylation sites is 1. The quantitative estimate of drug-likeness (QED) is 0.664. The molecule has 3 rings (SSSR count). The molecular weight excluding hydrogens is 336 g/mol. The summed E-state index contributed by atoms with van der Waals surface area (Å²) in [6, 6.07) is 11.8. The van der Waals surface area contributed by atoms with E-state index in [0.29, 0.717) is 18.0 Å². The second-order valence-corrected chi connectivity index (χ2v) is 6.83. The maximum Gasteiger partial charge on any atom is 0.257 e. The van der Waals surface area contributed by atoms with Crippen LogP contribution in [0.3, 0.4) is 0 Å². The Labute approximate surface area is 159 Å². The molecule has 5 heteroatoms. The van der Waals surface area contributed by atoms with Crippen LogP contribution >= 0.6 is 0 Å². The molecule has 0 saturated heterocycles. The summed E-state index contributed by atoms with van der Waals surface area (Å²) >= 11 is 0. The Kier molecular flexibility index (Phi) is 5.81. The fourth-order valence-corrected chi connectivity index (χ4v) is 2.90. The van der Waals surface area contributed by atoms with Gasteiger partial charge in [-0.1, -0.05) is 38.1 Å². The Bertz CT molecular complexity index is 923. The van der Waals surface area contributed by atoms with E-state index in [-0.39, 0.29) is 5.91 Å². The first-order valence-electron chi connectivity index (χ1n) is 9.03. The number of aromatic nitrogens is 2. The molecule has 3 aromatic rings. The molecule has 0 radical (unpaired) electrons. The summed E-state index contributed by atoms with van der Waals surface area (Å²) in [4.78, 5) is 21.1. The molecule has 138 valence electrons. The number of pyridine rings is 2. The second-order valence-electron chi connectivity index (χ2n) is 6.83. The van der Waals surface area contributed by atoms with Crippen LogP contribution in [0.15, 0.2) is 61.2 Å². The van der Waals surface area contributed by atoms with E-state index in [9.17, 15) is 4.79 Å². The van der Waals surface area contributed by atoms with Gasteiger partial charge in [-0.3, -0.25) is 14.8 Å². The Hall–Kier alpha value is -3.21. The number of amides is 1. The van der Waals surface area contributed by atoms with Crippen molar-refractivity contribution >= 4 is 17.3 Å². The number of nitrogens with zero attached hydrogens (tertiary/aromatic N) is 2. The summed E-state index contributed by atoms with van der Waals surface area (Å²) in [5.41, 5.74) is 5.43. The summed E-state index contributed by atoms with van der Waals surface area (Å²) in [7, 11) is 0. The molecule has 2 N–H and O–H groups in total. The molecule has 1 amide bonds. The number of nitrogens with one attached hydrogen (secondary N) is 2. The molecule has 0 saturated carbocycles. The fourth-order valence-electron chi connectivity index (χ4n) is 2.90. The molecule has 0 aliphatic heterocycles. The molecule has 27 heavy (non-hydrogen) atoms. The summed E-state index contributed by atoms with van der Waals surface area (Å²) in [5.74, 6) is 0.162. The van der Waals surface area contributed by atoms with Crippen molar-refractivity contribution in [2.75, 3.05) is 10.6 Å². The van der Waals surface area contributed by atoms with Gasteiger partial charge in [0.15, 0.2) is 0 Å². The third kappa shape index (κ3) is 4.70. The summed E-state index contributed by atoms with van der Waals surface area (Å²) in [6.07, 6.45) is 6.84. The zero-order valence-electron chi connectivity index (χ0n) is 15.9. The summed E-state index contributed by atoms with van der Waals surface area (Å²) in [6.45, 7) is 6.87. The average Bonchev–Trinajstić information content (AvgIpc) is 2.68. The van der Waals surface area contributed by atoms with Crippen LogP contribution in [0.1, 0.15) is 46.8 Å². The lowest BCUT2D eigenvalue weighted by atomic mass is 9.98. The lowest BCUT2D eigenvalue weighted by Gasteiger charge is -2.16. The highest BCUT2D eigenvalue weighted by molar-refractivity contribution is 6.05. The van der Waals surface area contributed by atoms with Crippen molar-refractivity contribution in [1.29, 1.82) is 0 Å². The van der Waals surface area contributed by atoms with Gasteiger partial charge in [0.25, 0.3) is 5.91 Å². The number of benzene rings is 1. The molecule has 0 bridgehead atoms. The van der Waals surface area contributed by atoms with Crippen LogP contribution in [0.25, 0.3) is 0 Å². The molecule has 0 fully saturated rings. The normalized spacial score (nSPS) is 10.7. The van der Waals surface area contributed by atoms with E-state index in [4.69, 9.17) is 0 Å². The predicted octanol–water partition coefficient (Wildman–Crippen LogP) is 4.77. The molecule has 1 aromatic carbocycles. The minimum absolute atomic E-state index is 0.163. The Morgan fingerprint density at radius 3 is 2.67 bits per heavy atom. The largest absolute Gasteiger partial charge is 0.380 e. The van der Waals surface area contributed by atoms with Gasteiger partial charge in [-0.15, -0.1) is 0 Å². The monoisotopic (exact) mass is 360 g/mol. The molecule has 2 heterocycles. The van der Waals surface area contributed by atoms with E-state index in [1.807, 2.05) is 43.5 Å². The van der Waals surface area contributed by atoms with Crippen molar-refractivity contribution < 1.29 is 4.79 Å². The smallest absolute Gasteiger partial charge is 0.257 e. The molecule has 0 aliphatic carbocycles. The van der Waals surface area contributed by atoms with Gasteiger partial charge in [-0.05, 0) is 41.7 Å². The van der Waals surface area contributed by atoms with Crippen molar-refractivity contribution in [2.45, 2.75) is 33.2 Å². The average molecular weight is 360 g/mol. The van der Waals surface area contributed by atoms with Gasteiger partial charge in [0.1, 0.15) is 0 Å². The lowest BCUT2D eigenvalue weighted by Crippen LogP contribution is -2.15. The van der Waals surface area contributed by atoms with Gasteiger partial charge in [-0.2, -0.15) is 0 Å². The van der Waals surface area contributed by atoms with E-state index < -0.39 is 0 Å². The van der Waals surface area contributed by atoms with Crippen molar-refractivity contribution in [3.05, 3.63) is 83.4 Å². The number of carbonyl (C=O) groups is 1. The zero-order chi connectivity index (χ0) is 19.2. The summed E-state index contributed by atoms with van der Waals surface area (Å²) in [5, 5.41) is 6.34. The minimum atomic E-state index is -0.163.